The molecule has 3 rings (SSSR count). The minimum atomic E-state index is -0.652. The SMILES string of the molecule is C[C@H](NC(=O)C(=O)NC[C@@H](c1ccco1)c1cccs1)c1ccccc1. The fraction of sp³-hybridized carbons (Fsp3) is 0.200. The zero-order valence-electron chi connectivity index (χ0n) is 14.3. The molecule has 5 nitrogen and oxygen atoms in total. The third-order valence-electron chi connectivity index (χ3n) is 4.09. The van der Waals surface area contributed by atoms with Gasteiger partial charge >= 0.3 is 11.8 Å². The monoisotopic (exact) mass is 368 g/mol. The molecule has 0 unspecified atom stereocenters. The summed E-state index contributed by atoms with van der Waals surface area (Å²) >= 11 is 1.59. The fourth-order valence-electron chi connectivity index (χ4n) is 2.68. The number of nitrogens with one attached hydrogen (secondary N) is 2. The van der Waals surface area contributed by atoms with Crippen molar-refractivity contribution in [1.82, 2.24) is 10.6 Å². The van der Waals surface area contributed by atoms with Gasteiger partial charge in [0.1, 0.15) is 5.76 Å². The lowest BCUT2D eigenvalue weighted by molar-refractivity contribution is -0.139. The Morgan fingerprint density at radius 2 is 1.85 bits per heavy atom. The summed E-state index contributed by atoms with van der Waals surface area (Å²) in [6, 6.07) is 16.9. The van der Waals surface area contributed by atoms with E-state index < -0.39 is 11.8 Å². The van der Waals surface area contributed by atoms with Crippen molar-refractivity contribution in [2.24, 2.45) is 0 Å². The molecule has 26 heavy (non-hydrogen) atoms. The molecule has 134 valence electrons. The number of thiophene rings is 1. The maximum Gasteiger partial charge on any atom is 0.309 e. The standard InChI is InChI=1S/C20H20N2O3S/c1-14(15-7-3-2-4-8-15)22-20(24)19(23)21-13-16(17-9-5-11-25-17)18-10-6-12-26-18/h2-12,14,16H,13H2,1H3,(H,21,23)(H,22,24)/t14-,16-/m0/s1. The van der Waals surface area contributed by atoms with Crippen molar-refractivity contribution in [3.63, 3.8) is 0 Å². The van der Waals surface area contributed by atoms with Crippen molar-refractivity contribution in [3.05, 3.63) is 82.4 Å². The van der Waals surface area contributed by atoms with Crippen LogP contribution in [0.3, 0.4) is 0 Å². The van der Waals surface area contributed by atoms with E-state index in [1.54, 1.807) is 17.6 Å². The average molecular weight is 368 g/mol. The van der Waals surface area contributed by atoms with E-state index in [9.17, 15) is 9.59 Å². The minimum Gasteiger partial charge on any atom is -0.469 e. The van der Waals surface area contributed by atoms with Gasteiger partial charge in [-0.2, -0.15) is 0 Å². The molecule has 6 heteroatoms. The number of benzene rings is 1. The van der Waals surface area contributed by atoms with Gasteiger partial charge in [-0.3, -0.25) is 9.59 Å². The predicted molar refractivity (Wildman–Crippen MR) is 101 cm³/mol. The Hall–Kier alpha value is -2.86. The van der Waals surface area contributed by atoms with Crippen LogP contribution in [-0.4, -0.2) is 18.4 Å². The predicted octanol–water partition coefficient (Wildman–Crippen LogP) is 3.47. The molecule has 2 N–H and O–H groups in total. The van der Waals surface area contributed by atoms with Crippen molar-refractivity contribution in [2.45, 2.75) is 18.9 Å². The molecule has 0 radical (unpaired) electrons. The van der Waals surface area contributed by atoms with Crippen LogP contribution in [0.15, 0.2) is 70.7 Å². The van der Waals surface area contributed by atoms with Crippen molar-refractivity contribution in [1.29, 1.82) is 0 Å². The van der Waals surface area contributed by atoms with Gasteiger partial charge in [0.2, 0.25) is 0 Å². The second kappa shape index (κ2) is 8.49. The molecule has 0 aliphatic rings. The minimum absolute atomic E-state index is 0.117. The smallest absolute Gasteiger partial charge is 0.309 e. The topological polar surface area (TPSA) is 71.3 Å². The van der Waals surface area contributed by atoms with Crippen LogP contribution >= 0.6 is 11.3 Å². The summed E-state index contributed by atoms with van der Waals surface area (Å²) < 4.78 is 5.49. The summed E-state index contributed by atoms with van der Waals surface area (Å²) in [5.74, 6) is -0.661. The maximum absolute atomic E-state index is 12.2. The van der Waals surface area contributed by atoms with Crippen molar-refractivity contribution in [2.75, 3.05) is 6.54 Å². The lowest BCUT2D eigenvalue weighted by Crippen LogP contribution is -2.42. The molecule has 3 aromatic rings. The van der Waals surface area contributed by atoms with Crippen LogP contribution in [0.25, 0.3) is 0 Å². The first kappa shape index (κ1) is 17.9. The number of rotatable bonds is 6. The van der Waals surface area contributed by atoms with Gasteiger partial charge in [0.15, 0.2) is 0 Å². The van der Waals surface area contributed by atoms with Gasteiger partial charge in [-0.15, -0.1) is 11.3 Å². The maximum atomic E-state index is 12.2. The molecule has 0 aliphatic heterocycles. The Morgan fingerprint density at radius 1 is 1.04 bits per heavy atom. The molecule has 2 aromatic heterocycles. The van der Waals surface area contributed by atoms with Crippen LogP contribution < -0.4 is 10.6 Å². The van der Waals surface area contributed by atoms with E-state index in [0.717, 1.165) is 16.2 Å². The van der Waals surface area contributed by atoms with Crippen molar-refractivity contribution < 1.29 is 14.0 Å². The number of furan rings is 1. The van der Waals surface area contributed by atoms with Crippen LogP contribution in [0.2, 0.25) is 0 Å². The Morgan fingerprint density at radius 3 is 2.50 bits per heavy atom. The molecule has 2 heterocycles. The zero-order valence-corrected chi connectivity index (χ0v) is 15.2. The molecule has 0 aliphatic carbocycles. The van der Waals surface area contributed by atoms with Gasteiger partial charge < -0.3 is 15.1 Å². The first-order chi connectivity index (χ1) is 12.6. The molecule has 0 saturated carbocycles. The summed E-state index contributed by atoms with van der Waals surface area (Å²) in [6.45, 7) is 2.14. The highest BCUT2D eigenvalue weighted by molar-refractivity contribution is 7.10. The van der Waals surface area contributed by atoms with Crippen LogP contribution in [-0.2, 0) is 9.59 Å². The van der Waals surface area contributed by atoms with Gasteiger partial charge in [0, 0.05) is 11.4 Å². The quantitative estimate of drug-likeness (QED) is 0.655. The van der Waals surface area contributed by atoms with E-state index in [2.05, 4.69) is 10.6 Å². The molecule has 2 atom stereocenters. The lowest BCUT2D eigenvalue weighted by atomic mass is 10.0. The summed E-state index contributed by atoms with van der Waals surface area (Å²) in [5, 5.41) is 7.40. The summed E-state index contributed by atoms with van der Waals surface area (Å²) in [6.07, 6.45) is 1.60. The van der Waals surface area contributed by atoms with Gasteiger partial charge in [-0.25, -0.2) is 0 Å². The van der Waals surface area contributed by atoms with Crippen molar-refractivity contribution in [3.8, 4) is 0 Å². The Bertz CT molecular complexity index is 795. The largest absolute Gasteiger partial charge is 0.469 e. The zero-order chi connectivity index (χ0) is 18.4. The van der Waals surface area contributed by atoms with E-state index in [4.69, 9.17) is 4.42 Å². The third kappa shape index (κ3) is 4.40. The van der Waals surface area contributed by atoms with Gasteiger partial charge in [0.25, 0.3) is 0 Å². The second-order valence-corrected chi connectivity index (χ2v) is 6.88. The molecule has 0 bridgehead atoms. The Balaban J connectivity index is 1.59. The number of amides is 2. The molecule has 0 fully saturated rings. The fourth-order valence-corrected chi connectivity index (χ4v) is 3.52. The first-order valence-electron chi connectivity index (χ1n) is 8.35. The summed E-state index contributed by atoms with van der Waals surface area (Å²) in [7, 11) is 0. The van der Waals surface area contributed by atoms with Crippen LogP contribution in [0, 0.1) is 0 Å². The second-order valence-electron chi connectivity index (χ2n) is 5.90. The lowest BCUT2D eigenvalue weighted by Gasteiger charge is -2.16. The molecule has 0 saturated heterocycles. The van der Waals surface area contributed by atoms with Crippen molar-refractivity contribution >= 4 is 23.2 Å². The number of carbonyl (C=O) groups excluding carboxylic acids is 2. The third-order valence-corrected chi connectivity index (χ3v) is 5.08. The normalized spacial score (nSPS) is 13.0. The highest BCUT2D eigenvalue weighted by Crippen LogP contribution is 2.28. The highest BCUT2D eigenvalue weighted by Gasteiger charge is 2.22. The van der Waals surface area contributed by atoms with Gasteiger partial charge in [-0.05, 0) is 36.1 Å². The van der Waals surface area contributed by atoms with Crippen LogP contribution in [0.4, 0.5) is 0 Å². The average Bonchev–Trinajstić information content (AvgIpc) is 3.37. The van der Waals surface area contributed by atoms with E-state index in [-0.39, 0.29) is 12.0 Å². The van der Waals surface area contributed by atoms with Crippen LogP contribution in [0.1, 0.15) is 35.1 Å². The number of carbonyl (C=O) groups is 2. The summed E-state index contributed by atoms with van der Waals surface area (Å²) in [5.41, 5.74) is 0.945. The van der Waals surface area contributed by atoms with E-state index in [1.807, 2.05) is 66.9 Å². The first-order valence-corrected chi connectivity index (χ1v) is 9.23. The molecular weight excluding hydrogens is 348 g/mol. The summed E-state index contributed by atoms with van der Waals surface area (Å²) in [4.78, 5) is 25.4. The van der Waals surface area contributed by atoms with Gasteiger partial charge in [-0.1, -0.05) is 36.4 Å². The van der Waals surface area contributed by atoms with E-state index in [0.29, 0.717) is 6.54 Å². The molecular formula is C20H20N2O3S. The van der Waals surface area contributed by atoms with Gasteiger partial charge in [0.05, 0.1) is 18.2 Å². The van der Waals surface area contributed by atoms with E-state index >= 15 is 0 Å². The Kier molecular flexibility index (Phi) is 5.86. The molecule has 1 aromatic carbocycles. The highest BCUT2D eigenvalue weighted by atomic mass is 32.1. The number of hydrogen-bond acceptors (Lipinski definition) is 4. The Labute approximate surface area is 156 Å². The molecule has 0 spiro atoms. The van der Waals surface area contributed by atoms with E-state index in [1.165, 1.54) is 0 Å². The van der Waals surface area contributed by atoms with Crippen LogP contribution in [0.5, 0.6) is 0 Å². The number of hydrogen-bond donors (Lipinski definition) is 2. The molecule has 2 amide bonds.